The van der Waals surface area contributed by atoms with Gasteiger partial charge in [-0.1, -0.05) is 55.3 Å². The lowest BCUT2D eigenvalue weighted by Crippen LogP contribution is -2.40. The maximum atomic E-state index is 13.8. The van der Waals surface area contributed by atoms with Crippen LogP contribution < -0.4 is 4.90 Å². The third kappa shape index (κ3) is 3.74. The smallest absolute Gasteiger partial charge is 0.269 e. The van der Waals surface area contributed by atoms with Crippen molar-refractivity contribution in [3.05, 3.63) is 58.5 Å². The number of aromatic hydroxyl groups is 1. The zero-order chi connectivity index (χ0) is 21.4. The van der Waals surface area contributed by atoms with Crippen LogP contribution in [0.4, 0.5) is 11.4 Å². The van der Waals surface area contributed by atoms with Gasteiger partial charge in [0.1, 0.15) is 21.4 Å². The summed E-state index contributed by atoms with van der Waals surface area (Å²) < 4.78 is 0. The average Bonchev–Trinajstić information content (AvgIpc) is 3.32. The normalized spacial score (nSPS) is 23.1. The number of aliphatic imine (C=N–C) groups is 1. The van der Waals surface area contributed by atoms with Gasteiger partial charge in [0.05, 0.1) is 5.69 Å². The number of para-hydroxylation sites is 3. The van der Waals surface area contributed by atoms with Crippen LogP contribution in [-0.4, -0.2) is 33.7 Å². The van der Waals surface area contributed by atoms with Crippen molar-refractivity contribution in [1.29, 1.82) is 0 Å². The SMILES string of the molecule is CCN1C(=C2SC(=Nc3ccccc3O)N(C3CCCCC3)C2=O)Sc2ccccc21. The lowest BCUT2D eigenvalue weighted by Gasteiger charge is -2.30. The molecule has 2 aromatic carbocycles. The molecule has 0 aromatic heterocycles. The maximum Gasteiger partial charge on any atom is 0.269 e. The molecule has 0 bridgehead atoms. The van der Waals surface area contributed by atoms with Gasteiger partial charge in [0.15, 0.2) is 5.17 Å². The Bertz CT molecular complexity index is 1080. The number of phenols is 1. The molecule has 0 unspecified atom stereocenters. The Morgan fingerprint density at radius 1 is 1.03 bits per heavy atom. The van der Waals surface area contributed by atoms with Crippen LogP contribution in [0.1, 0.15) is 39.0 Å². The second kappa shape index (κ2) is 8.63. The number of hydrogen-bond acceptors (Lipinski definition) is 6. The molecule has 1 aliphatic carbocycles. The molecule has 5 rings (SSSR count). The average molecular weight is 452 g/mol. The van der Waals surface area contributed by atoms with Gasteiger partial charge in [-0.15, -0.1) is 0 Å². The number of fused-ring (bicyclic) bond motifs is 1. The Balaban J connectivity index is 1.58. The van der Waals surface area contributed by atoms with E-state index < -0.39 is 0 Å². The highest BCUT2D eigenvalue weighted by molar-refractivity contribution is 8.19. The molecule has 2 aliphatic heterocycles. The van der Waals surface area contributed by atoms with E-state index in [2.05, 4.69) is 24.0 Å². The Morgan fingerprint density at radius 3 is 2.55 bits per heavy atom. The molecule has 1 N–H and O–H groups in total. The molecule has 1 amide bonds. The van der Waals surface area contributed by atoms with E-state index in [0.717, 1.165) is 47.8 Å². The summed E-state index contributed by atoms with van der Waals surface area (Å²) in [5, 5.41) is 11.9. The number of anilines is 1. The summed E-state index contributed by atoms with van der Waals surface area (Å²) in [5.74, 6) is 0.172. The lowest BCUT2D eigenvalue weighted by molar-refractivity contribution is -0.124. The molecule has 2 fully saturated rings. The van der Waals surface area contributed by atoms with Gasteiger partial charge in [-0.25, -0.2) is 4.99 Å². The summed E-state index contributed by atoms with van der Waals surface area (Å²) in [6, 6.07) is 15.5. The number of nitrogens with zero attached hydrogens (tertiary/aromatic N) is 3. The maximum absolute atomic E-state index is 13.8. The first-order valence-electron chi connectivity index (χ1n) is 10.8. The van der Waals surface area contributed by atoms with E-state index in [1.54, 1.807) is 30.0 Å². The zero-order valence-electron chi connectivity index (χ0n) is 17.5. The molecular weight excluding hydrogens is 426 g/mol. The minimum atomic E-state index is 0.0415. The van der Waals surface area contributed by atoms with E-state index in [1.165, 1.54) is 23.1 Å². The van der Waals surface area contributed by atoms with Crippen LogP contribution in [0.3, 0.4) is 0 Å². The Morgan fingerprint density at radius 2 is 1.77 bits per heavy atom. The second-order valence-electron chi connectivity index (χ2n) is 7.90. The summed E-state index contributed by atoms with van der Waals surface area (Å²) in [4.78, 5) is 24.6. The van der Waals surface area contributed by atoms with E-state index in [4.69, 9.17) is 4.99 Å². The van der Waals surface area contributed by atoms with Gasteiger partial charge in [-0.05, 0) is 55.8 Å². The monoisotopic (exact) mass is 451 g/mol. The van der Waals surface area contributed by atoms with Crippen LogP contribution in [0.2, 0.25) is 0 Å². The Labute approximate surface area is 191 Å². The molecule has 5 nitrogen and oxygen atoms in total. The summed E-state index contributed by atoms with van der Waals surface area (Å²) >= 11 is 3.11. The van der Waals surface area contributed by atoms with E-state index in [0.29, 0.717) is 10.9 Å². The van der Waals surface area contributed by atoms with Gasteiger partial charge < -0.3 is 10.0 Å². The number of phenolic OH excluding ortho intramolecular Hbond substituents is 1. The number of thioether (sulfide) groups is 2. The Kier molecular flexibility index (Phi) is 5.71. The van der Waals surface area contributed by atoms with Crippen molar-refractivity contribution in [2.24, 2.45) is 4.99 Å². The van der Waals surface area contributed by atoms with Gasteiger partial charge in [0, 0.05) is 17.5 Å². The standard InChI is InChI=1S/C24H25N3O2S2/c1-2-26-18-13-7-9-15-20(18)30-23(26)21-22(29)27(16-10-4-3-5-11-16)24(31-21)25-17-12-6-8-14-19(17)28/h6-9,12-16,28H,2-5,10-11H2,1H3. The number of benzene rings is 2. The number of amides is 1. The van der Waals surface area contributed by atoms with Crippen LogP contribution in [-0.2, 0) is 4.79 Å². The summed E-state index contributed by atoms with van der Waals surface area (Å²) in [5.41, 5.74) is 1.65. The van der Waals surface area contributed by atoms with Gasteiger partial charge in [-0.2, -0.15) is 0 Å². The summed E-state index contributed by atoms with van der Waals surface area (Å²) in [7, 11) is 0. The topological polar surface area (TPSA) is 56.1 Å². The highest BCUT2D eigenvalue weighted by atomic mass is 32.2. The van der Waals surface area contributed by atoms with Gasteiger partial charge >= 0.3 is 0 Å². The molecule has 160 valence electrons. The third-order valence-electron chi connectivity index (χ3n) is 5.97. The van der Waals surface area contributed by atoms with E-state index in [-0.39, 0.29) is 17.7 Å². The molecular formula is C24H25N3O2S2. The van der Waals surface area contributed by atoms with Crippen molar-refractivity contribution in [2.45, 2.75) is 50.0 Å². The number of hydrogen-bond donors (Lipinski definition) is 1. The van der Waals surface area contributed by atoms with Crippen molar-refractivity contribution in [1.82, 2.24) is 4.90 Å². The van der Waals surface area contributed by atoms with Crippen LogP contribution in [0.15, 0.2) is 68.4 Å². The quantitative estimate of drug-likeness (QED) is 0.572. The Hall–Kier alpha value is -2.38. The molecule has 0 atom stereocenters. The van der Waals surface area contributed by atoms with Crippen molar-refractivity contribution in [3.8, 4) is 5.75 Å². The predicted octanol–water partition coefficient (Wildman–Crippen LogP) is 6.09. The molecule has 3 aliphatic rings. The number of carbonyl (C=O) groups excluding carboxylic acids is 1. The highest BCUT2D eigenvalue weighted by Crippen LogP contribution is 2.51. The van der Waals surface area contributed by atoms with Crippen LogP contribution >= 0.6 is 23.5 Å². The van der Waals surface area contributed by atoms with E-state index in [9.17, 15) is 9.90 Å². The van der Waals surface area contributed by atoms with Crippen molar-refractivity contribution < 1.29 is 9.90 Å². The second-order valence-corrected chi connectivity index (χ2v) is 9.91. The van der Waals surface area contributed by atoms with E-state index >= 15 is 0 Å². The minimum Gasteiger partial charge on any atom is -0.506 e. The van der Waals surface area contributed by atoms with Crippen molar-refractivity contribution in [3.63, 3.8) is 0 Å². The van der Waals surface area contributed by atoms with Crippen molar-refractivity contribution in [2.75, 3.05) is 11.4 Å². The first kappa shape index (κ1) is 20.5. The number of carbonyl (C=O) groups is 1. The molecule has 1 saturated heterocycles. The molecule has 2 aromatic rings. The highest BCUT2D eigenvalue weighted by Gasteiger charge is 2.42. The summed E-state index contributed by atoms with van der Waals surface area (Å²) in [6.45, 7) is 2.91. The zero-order valence-corrected chi connectivity index (χ0v) is 19.1. The van der Waals surface area contributed by atoms with Crippen LogP contribution in [0, 0.1) is 0 Å². The van der Waals surface area contributed by atoms with Crippen LogP contribution in [0.5, 0.6) is 5.75 Å². The molecule has 0 radical (unpaired) electrons. The predicted molar refractivity (Wildman–Crippen MR) is 129 cm³/mol. The summed E-state index contributed by atoms with van der Waals surface area (Å²) in [6.07, 6.45) is 5.49. The first-order valence-corrected chi connectivity index (χ1v) is 12.5. The molecule has 1 saturated carbocycles. The molecule has 7 heteroatoms. The fourth-order valence-electron chi connectivity index (χ4n) is 4.43. The third-order valence-corrected chi connectivity index (χ3v) is 8.32. The van der Waals surface area contributed by atoms with Crippen LogP contribution in [0.25, 0.3) is 0 Å². The largest absolute Gasteiger partial charge is 0.506 e. The van der Waals surface area contributed by atoms with Gasteiger partial charge in [-0.3, -0.25) is 9.69 Å². The minimum absolute atomic E-state index is 0.0415. The van der Waals surface area contributed by atoms with Gasteiger partial charge in [0.2, 0.25) is 0 Å². The fraction of sp³-hybridized carbons (Fsp3) is 0.333. The molecule has 0 spiro atoms. The van der Waals surface area contributed by atoms with E-state index in [1.807, 2.05) is 23.1 Å². The lowest BCUT2D eigenvalue weighted by atomic mass is 9.94. The number of amidine groups is 1. The molecule has 2 heterocycles. The first-order chi connectivity index (χ1) is 15.2. The van der Waals surface area contributed by atoms with Gasteiger partial charge in [0.25, 0.3) is 5.91 Å². The molecule has 31 heavy (non-hydrogen) atoms. The fourth-order valence-corrected chi connectivity index (χ4v) is 6.88. The number of rotatable bonds is 3. The van der Waals surface area contributed by atoms with Crippen molar-refractivity contribution >= 4 is 46.0 Å².